The van der Waals surface area contributed by atoms with Gasteiger partial charge in [0.25, 0.3) is 5.91 Å². The number of nitrogens with zero attached hydrogens (tertiary/aromatic N) is 1. The molecule has 0 unspecified atom stereocenters. The molecule has 0 radical (unpaired) electrons. The van der Waals surface area contributed by atoms with Gasteiger partial charge in [0, 0.05) is 25.7 Å². The van der Waals surface area contributed by atoms with Crippen LogP contribution in [0.5, 0.6) is 0 Å². The number of carbonyl (C=O) groups excluding carboxylic acids is 1. The molecule has 0 aromatic heterocycles. The molecule has 0 bridgehead atoms. The summed E-state index contributed by atoms with van der Waals surface area (Å²) in [5.41, 5.74) is -0.418. The first-order valence-electron chi connectivity index (χ1n) is 9.06. The monoisotopic (exact) mass is 334 g/mol. The molecule has 0 spiro atoms. The van der Waals surface area contributed by atoms with Gasteiger partial charge in [-0.1, -0.05) is 31.4 Å². The molecule has 4 nitrogen and oxygen atoms in total. The number of benzene rings is 1. The van der Waals surface area contributed by atoms with Gasteiger partial charge in [-0.2, -0.15) is 0 Å². The lowest BCUT2D eigenvalue weighted by Crippen LogP contribution is -2.50. The molecule has 0 atom stereocenters. The van der Waals surface area contributed by atoms with Crippen LogP contribution in [0.3, 0.4) is 0 Å². The maximum atomic E-state index is 13.7. The second-order valence-corrected chi connectivity index (χ2v) is 7.29. The number of nitrogens with one attached hydrogen (secondary N) is 1. The molecular formula is C19H27FN2O2. The molecule has 2 N–H and O–H groups in total. The summed E-state index contributed by atoms with van der Waals surface area (Å²) in [6, 6.07) is 6.15. The van der Waals surface area contributed by atoms with Crippen molar-refractivity contribution < 1.29 is 14.3 Å². The van der Waals surface area contributed by atoms with Crippen LogP contribution in [0.25, 0.3) is 0 Å². The lowest BCUT2D eigenvalue weighted by molar-refractivity contribution is -0.0312. The van der Waals surface area contributed by atoms with Gasteiger partial charge in [-0.3, -0.25) is 4.79 Å². The molecule has 1 aromatic rings. The average Bonchev–Trinajstić information content (AvgIpc) is 2.57. The molecule has 1 amide bonds. The van der Waals surface area contributed by atoms with Gasteiger partial charge in [0.2, 0.25) is 0 Å². The Labute approximate surface area is 143 Å². The first-order valence-corrected chi connectivity index (χ1v) is 9.06. The largest absolute Gasteiger partial charge is 0.389 e. The number of likely N-dealkylation sites (tertiary alicyclic amines) is 1. The Morgan fingerprint density at radius 1 is 1.21 bits per heavy atom. The summed E-state index contributed by atoms with van der Waals surface area (Å²) >= 11 is 0. The van der Waals surface area contributed by atoms with E-state index in [1.165, 1.54) is 18.6 Å². The van der Waals surface area contributed by atoms with Crippen molar-refractivity contribution in [3.8, 4) is 0 Å². The van der Waals surface area contributed by atoms with Crippen molar-refractivity contribution >= 4 is 5.91 Å². The molecule has 1 saturated carbocycles. The number of halogens is 1. The summed E-state index contributed by atoms with van der Waals surface area (Å²) in [5, 5.41) is 13.6. The van der Waals surface area contributed by atoms with Crippen molar-refractivity contribution in [2.45, 2.75) is 56.6 Å². The minimum absolute atomic E-state index is 0.0781. The zero-order chi connectivity index (χ0) is 17.0. The predicted octanol–water partition coefficient (Wildman–Crippen LogP) is 2.72. The number of hydrogen-bond donors (Lipinski definition) is 2. The van der Waals surface area contributed by atoms with E-state index in [4.69, 9.17) is 0 Å². The third-order valence-electron chi connectivity index (χ3n) is 5.34. The summed E-state index contributed by atoms with van der Waals surface area (Å²) < 4.78 is 13.7. The predicted molar refractivity (Wildman–Crippen MR) is 91.4 cm³/mol. The number of carbonyl (C=O) groups is 1. The van der Waals surface area contributed by atoms with Crippen molar-refractivity contribution in [3.05, 3.63) is 35.6 Å². The first-order chi connectivity index (χ1) is 11.6. The first kappa shape index (κ1) is 17.4. The second-order valence-electron chi connectivity index (χ2n) is 7.29. The number of rotatable bonds is 4. The van der Waals surface area contributed by atoms with Crippen LogP contribution in [0.15, 0.2) is 24.3 Å². The maximum Gasteiger partial charge on any atom is 0.254 e. The van der Waals surface area contributed by atoms with E-state index in [0.717, 1.165) is 58.2 Å². The van der Waals surface area contributed by atoms with E-state index < -0.39 is 11.4 Å². The van der Waals surface area contributed by atoms with E-state index in [-0.39, 0.29) is 17.5 Å². The summed E-state index contributed by atoms with van der Waals surface area (Å²) in [4.78, 5) is 14.5. The molecule has 1 aliphatic carbocycles. The van der Waals surface area contributed by atoms with E-state index in [1.807, 2.05) is 0 Å². The van der Waals surface area contributed by atoms with Gasteiger partial charge in [-0.15, -0.1) is 0 Å². The molecule has 3 rings (SSSR count). The van der Waals surface area contributed by atoms with Gasteiger partial charge in [-0.05, 0) is 37.8 Å². The van der Waals surface area contributed by atoms with E-state index >= 15 is 0 Å². The zero-order valence-corrected chi connectivity index (χ0v) is 14.1. The van der Waals surface area contributed by atoms with Crippen molar-refractivity contribution in [1.82, 2.24) is 10.2 Å². The Bertz CT molecular complexity index is 564. The van der Waals surface area contributed by atoms with Crippen molar-refractivity contribution in [2.75, 3.05) is 19.6 Å². The summed E-state index contributed by atoms with van der Waals surface area (Å²) in [5.74, 6) is -0.815. The number of amides is 1. The van der Waals surface area contributed by atoms with Crippen LogP contribution >= 0.6 is 0 Å². The third-order valence-corrected chi connectivity index (χ3v) is 5.34. The van der Waals surface area contributed by atoms with E-state index in [1.54, 1.807) is 12.1 Å². The summed E-state index contributed by atoms with van der Waals surface area (Å²) in [7, 11) is 0. The van der Waals surface area contributed by atoms with Gasteiger partial charge >= 0.3 is 0 Å². The van der Waals surface area contributed by atoms with Crippen LogP contribution < -0.4 is 5.32 Å². The highest BCUT2D eigenvalue weighted by Gasteiger charge is 2.33. The fourth-order valence-corrected chi connectivity index (χ4v) is 3.93. The van der Waals surface area contributed by atoms with E-state index in [9.17, 15) is 14.3 Å². The number of aliphatic hydroxyl groups is 1. The lowest BCUT2D eigenvalue weighted by atomic mass is 9.84. The van der Waals surface area contributed by atoms with Crippen molar-refractivity contribution in [2.24, 2.45) is 0 Å². The fourth-order valence-electron chi connectivity index (χ4n) is 3.93. The minimum Gasteiger partial charge on any atom is -0.389 e. The van der Waals surface area contributed by atoms with E-state index in [2.05, 4.69) is 10.2 Å². The van der Waals surface area contributed by atoms with Gasteiger partial charge in [-0.25, -0.2) is 4.39 Å². The van der Waals surface area contributed by atoms with Crippen LogP contribution in [0, 0.1) is 5.82 Å². The molecule has 132 valence electrons. The normalized spacial score (nSPS) is 22.2. The average molecular weight is 334 g/mol. The summed E-state index contributed by atoms with van der Waals surface area (Å²) in [6.45, 7) is 2.47. The molecule has 1 saturated heterocycles. The zero-order valence-electron chi connectivity index (χ0n) is 14.1. The lowest BCUT2D eigenvalue weighted by Gasteiger charge is -2.40. The molecule has 5 heteroatoms. The Morgan fingerprint density at radius 3 is 2.54 bits per heavy atom. The molecule has 2 aliphatic rings. The van der Waals surface area contributed by atoms with Crippen LogP contribution in [0.2, 0.25) is 0 Å². The third kappa shape index (κ3) is 4.33. The highest BCUT2D eigenvalue weighted by atomic mass is 19.1. The Morgan fingerprint density at radius 2 is 1.88 bits per heavy atom. The molecule has 1 aliphatic heterocycles. The standard InChI is InChI=1S/C19H27FN2O2/c20-17-7-3-2-6-16(17)18(23)21-15-8-12-22(13-9-15)14-19(24)10-4-1-5-11-19/h2-3,6-7,15,24H,1,4-5,8-14H2,(H,21,23). The topological polar surface area (TPSA) is 52.6 Å². The molecule has 24 heavy (non-hydrogen) atoms. The van der Waals surface area contributed by atoms with Crippen molar-refractivity contribution in [1.29, 1.82) is 0 Å². The van der Waals surface area contributed by atoms with Crippen molar-refractivity contribution in [3.63, 3.8) is 0 Å². The molecular weight excluding hydrogens is 307 g/mol. The van der Waals surface area contributed by atoms with Gasteiger partial charge < -0.3 is 15.3 Å². The Hall–Kier alpha value is -1.46. The number of β-amino-alcohol motifs (C(OH)–C–C–N with tert-alkyl or cyclic N) is 1. The molecule has 2 fully saturated rings. The van der Waals surface area contributed by atoms with Crippen LogP contribution in [-0.4, -0.2) is 47.2 Å². The SMILES string of the molecule is O=C(NC1CCN(CC2(O)CCCCC2)CC1)c1ccccc1F. The molecule has 1 aromatic carbocycles. The smallest absolute Gasteiger partial charge is 0.254 e. The highest BCUT2D eigenvalue weighted by Crippen LogP contribution is 2.29. The fraction of sp³-hybridized carbons (Fsp3) is 0.632. The summed E-state index contributed by atoms with van der Waals surface area (Å²) in [6.07, 6.45) is 6.95. The van der Waals surface area contributed by atoms with Crippen LogP contribution in [-0.2, 0) is 0 Å². The number of hydrogen-bond acceptors (Lipinski definition) is 3. The Kier molecular flexibility index (Phi) is 5.51. The van der Waals surface area contributed by atoms with Crippen LogP contribution in [0.1, 0.15) is 55.3 Å². The van der Waals surface area contributed by atoms with Gasteiger partial charge in [0.05, 0.1) is 11.2 Å². The maximum absolute atomic E-state index is 13.7. The number of piperidine rings is 1. The van der Waals surface area contributed by atoms with Crippen LogP contribution in [0.4, 0.5) is 4.39 Å². The quantitative estimate of drug-likeness (QED) is 0.890. The van der Waals surface area contributed by atoms with E-state index in [0.29, 0.717) is 0 Å². The minimum atomic E-state index is -0.526. The van der Waals surface area contributed by atoms with Gasteiger partial charge in [0.1, 0.15) is 5.82 Å². The van der Waals surface area contributed by atoms with Gasteiger partial charge in [0.15, 0.2) is 0 Å². The Balaban J connectivity index is 1.47. The second kappa shape index (κ2) is 7.62. The molecule has 1 heterocycles. The highest BCUT2D eigenvalue weighted by molar-refractivity contribution is 5.94.